The maximum atomic E-state index is 13.0. The molecule has 2 aromatic carbocycles. The Kier molecular flexibility index (Phi) is 4.58. The topological polar surface area (TPSA) is 97.6 Å². The molecule has 0 spiro atoms. The minimum Gasteiger partial charge on any atom is -0.506 e. The van der Waals surface area contributed by atoms with Crippen LogP contribution in [0, 0.1) is 0 Å². The zero-order chi connectivity index (χ0) is 20.7. The van der Waals surface area contributed by atoms with E-state index >= 15 is 0 Å². The molecule has 7 heteroatoms. The number of nitrogens with one attached hydrogen (secondary N) is 1. The van der Waals surface area contributed by atoms with Gasteiger partial charge >= 0.3 is 5.97 Å². The van der Waals surface area contributed by atoms with Crippen LogP contribution in [0.5, 0.6) is 5.75 Å². The highest BCUT2D eigenvalue weighted by Gasteiger charge is 2.29. The first kappa shape index (κ1) is 18.7. The molecule has 4 rings (SSSR count). The molecule has 1 aliphatic rings. The van der Waals surface area contributed by atoms with Crippen LogP contribution >= 0.6 is 0 Å². The van der Waals surface area contributed by atoms with Gasteiger partial charge in [-0.25, -0.2) is 4.79 Å². The lowest BCUT2D eigenvalue weighted by molar-refractivity contribution is 0.0526. The van der Waals surface area contributed by atoms with Crippen LogP contribution in [0.15, 0.2) is 47.3 Å². The molecule has 0 saturated heterocycles. The predicted octanol–water partition coefficient (Wildman–Crippen LogP) is 3.25. The van der Waals surface area contributed by atoms with Gasteiger partial charge in [0.05, 0.1) is 17.7 Å². The molecule has 1 aromatic heterocycles. The van der Waals surface area contributed by atoms with E-state index in [0.29, 0.717) is 28.6 Å². The van der Waals surface area contributed by atoms with E-state index < -0.39 is 17.4 Å². The third-order valence-electron chi connectivity index (χ3n) is 5.12. The van der Waals surface area contributed by atoms with Gasteiger partial charge in [0.2, 0.25) is 0 Å². The van der Waals surface area contributed by atoms with Gasteiger partial charge in [0.15, 0.2) is 0 Å². The summed E-state index contributed by atoms with van der Waals surface area (Å²) in [6, 6.07) is 11.5. The van der Waals surface area contributed by atoms with E-state index in [9.17, 15) is 19.5 Å². The Morgan fingerprint density at radius 3 is 2.62 bits per heavy atom. The molecule has 0 radical (unpaired) electrons. The normalized spacial score (nSPS) is 14.8. The molecule has 148 valence electrons. The van der Waals surface area contributed by atoms with Crippen molar-refractivity contribution in [2.45, 2.75) is 26.3 Å². The second kappa shape index (κ2) is 7.09. The number of carbonyl (C=O) groups is 2. The van der Waals surface area contributed by atoms with Crippen molar-refractivity contribution in [2.75, 3.05) is 11.9 Å². The smallest absolute Gasteiger partial charge is 0.338 e. The van der Waals surface area contributed by atoms with Gasteiger partial charge in [-0.05, 0) is 56.2 Å². The summed E-state index contributed by atoms with van der Waals surface area (Å²) in [5.41, 5.74) is 1.59. The standard InChI is InChI=1S/C22H20N2O5/c1-3-29-22(28)13-7-9-15(10-8-13)23-20(26)17-19(25)16-6-4-5-14-11-12(2)24(18(14)16)21(17)27/h4-10,12,25H,3,11H2,1-2H3,(H,23,26)/t12-/m0/s1. The molecule has 0 saturated carbocycles. The Labute approximate surface area is 166 Å². The Morgan fingerprint density at radius 2 is 1.93 bits per heavy atom. The van der Waals surface area contributed by atoms with Gasteiger partial charge in [-0.1, -0.05) is 12.1 Å². The number of nitrogens with zero attached hydrogens (tertiary/aromatic N) is 1. The zero-order valence-corrected chi connectivity index (χ0v) is 16.1. The van der Waals surface area contributed by atoms with Gasteiger partial charge in [0, 0.05) is 17.1 Å². The Balaban J connectivity index is 1.70. The van der Waals surface area contributed by atoms with Crippen molar-refractivity contribution in [2.24, 2.45) is 0 Å². The molecule has 1 amide bonds. The summed E-state index contributed by atoms with van der Waals surface area (Å²) in [4.78, 5) is 37.6. The zero-order valence-electron chi connectivity index (χ0n) is 16.1. The second-order valence-corrected chi connectivity index (χ2v) is 7.02. The number of aromatic nitrogens is 1. The van der Waals surface area contributed by atoms with Crippen LogP contribution in [0.25, 0.3) is 10.9 Å². The molecular weight excluding hydrogens is 372 g/mol. The molecule has 1 atom stereocenters. The summed E-state index contributed by atoms with van der Waals surface area (Å²) >= 11 is 0. The molecule has 0 unspecified atom stereocenters. The average molecular weight is 392 g/mol. The number of hydrogen-bond donors (Lipinski definition) is 2. The van der Waals surface area contributed by atoms with Gasteiger partial charge in [-0.15, -0.1) is 0 Å². The van der Waals surface area contributed by atoms with E-state index in [0.717, 1.165) is 5.56 Å². The first-order valence-corrected chi connectivity index (χ1v) is 9.40. The maximum Gasteiger partial charge on any atom is 0.338 e. The third-order valence-corrected chi connectivity index (χ3v) is 5.12. The maximum absolute atomic E-state index is 13.0. The van der Waals surface area contributed by atoms with E-state index in [2.05, 4.69) is 5.32 Å². The average Bonchev–Trinajstić information content (AvgIpc) is 3.04. The van der Waals surface area contributed by atoms with E-state index in [4.69, 9.17) is 4.74 Å². The number of para-hydroxylation sites is 1. The monoisotopic (exact) mass is 392 g/mol. The Bertz CT molecular complexity index is 1190. The van der Waals surface area contributed by atoms with E-state index in [1.807, 2.05) is 13.0 Å². The molecule has 2 heterocycles. The number of ether oxygens (including phenoxy) is 1. The first-order chi connectivity index (χ1) is 13.9. The van der Waals surface area contributed by atoms with Crippen LogP contribution in [0.2, 0.25) is 0 Å². The molecule has 0 aliphatic carbocycles. The van der Waals surface area contributed by atoms with E-state index in [1.54, 1.807) is 35.8 Å². The summed E-state index contributed by atoms with van der Waals surface area (Å²) < 4.78 is 6.50. The van der Waals surface area contributed by atoms with Crippen LogP contribution in [-0.2, 0) is 11.2 Å². The van der Waals surface area contributed by atoms with Gasteiger partial charge in [-0.2, -0.15) is 0 Å². The van der Waals surface area contributed by atoms with Crippen LogP contribution < -0.4 is 10.9 Å². The minimum absolute atomic E-state index is 0.0987. The summed E-state index contributed by atoms with van der Waals surface area (Å²) in [6.07, 6.45) is 0.673. The molecule has 0 bridgehead atoms. The van der Waals surface area contributed by atoms with Crippen LogP contribution in [-0.4, -0.2) is 28.2 Å². The fourth-order valence-corrected chi connectivity index (χ4v) is 3.82. The fraction of sp³-hybridized carbons (Fsp3) is 0.227. The highest BCUT2D eigenvalue weighted by atomic mass is 16.5. The lowest BCUT2D eigenvalue weighted by Crippen LogP contribution is -2.30. The minimum atomic E-state index is -0.702. The summed E-state index contributed by atoms with van der Waals surface area (Å²) in [5.74, 6) is -1.48. The van der Waals surface area contributed by atoms with Gasteiger partial charge in [0.25, 0.3) is 11.5 Å². The molecule has 2 N–H and O–H groups in total. The van der Waals surface area contributed by atoms with Crippen molar-refractivity contribution < 1.29 is 19.4 Å². The van der Waals surface area contributed by atoms with Crippen molar-refractivity contribution in [3.05, 3.63) is 69.5 Å². The fourth-order valence-electron chi connectivity index (χ4n) is 3.82. The quantitative estimate of drug-likeness (QED) is 0.664. The number of rotatable bonds is 4. The molecular formula is C22H20N2O5. The SMILES string of the molecule is CCOC(=O)c1ccc(NC(=O)c2c(O)c3cccc4c3n(c2=O)[C@@H](C)C4)cc1. The molecule has 0 fully saturated rings. The second-order valence-electron chi connectivity index (χ2n) is 7.02. The molecule has 3 aromatic rings. The van der Waals surface area contributed by atoms with Crippen molar-refractivity contribution >= 4 is 28.5 Å². The summed E-state index contributed by atoms with van der Waals surface area (Å²) in [6.45, 7) is 3.90. The number of aromatic hydroxyl groups is 1. The van der Waals surface area contributed by atoms with Crippen molar-refractivity contribution in [3.8, 4) is 5.75 Å². The number of benzene rings is 2. The molecule has 1 aliphatic heterocycles. The number of amides is 1. The van der Waals surface area contributed by atoms with Crippen LogP contribution in [0.1, 0.15) is 46.2 Å². The van der Waals surface area contributed by atoms with Crippen molar-refractivity contribution in [3.63, 3.8) is 0 Å². The predicted molar refractivity (Wildman–Crippen MR) is 109 cm³/mol. The Hall–Kier alpha value is -3.61. The number of esters is 1. The number of anilines is 1. The van der Waals surface area contributed by atoms with Crippen LogP contribution in [0.3, 0.4) is 0 Å². The number of carbonyl (C=O) groups excluding carboxylic acids is 2. The lowest BCUT2D eigenvalue weighted by Gasteiger charge is -2.14. The highest BCUT2D eigenvalue weighted by Crippen LogP contribution is 2.36. The number of pyridine rings is 1. The van der Waals surface area contributed by atoms with E-state index in [-0.39, 0.29) is 24.0 Å². The Morgan fingerprint density at radius 1 is 1.21 bits per heavy atom. The summed E-state index contributed by atoms with van der Waals surface area (Å²) in [5, 5.41) is 13.8. The van der Waals surface area contributed by atoms with Crippen molar-refractivity contribution in [1.82, 2.24) is 4.57 Å². The van der Waals surface area contributed by atoms with Gasteiger partial charge in [0.1, 0.15) is 11.3 Å². The third kappa shape index (κ3) is 3.04. The number of hydrogen-bond acceptors (Lipinski definition) is 5. The molecule has 29 heavy (non-hydrogen) atoms. The highest BCUT2D eigenvalue weighted by molar-refractivity contribution is 6.09. The van der Waals surface area contributed by atoms with Crippen LogP contribution in [0.4, 0.5) is 5.69 Å². The molecule has 7 nitrogen and oxygen atoms in total. The van der Waals surface area contributed by atoms with Crippen molar-refractivity contribution in [1.29, 1.82) is 0 Å². The lowest BCUT2D eigenvalue weighted by atomic mass is 10.1. The first-order valence-electron chi connectivity index (χ1n) is 9.40. The summed E-state index contributed by atoms with van der Waals surface area (Å²) in [7, 11) is 0. The van der Waals surface area contributed by atoms with Gasteiger partial charge < -0.3 is 19.7 Å². The largest absolute Gasteiger partial charge is 0.506 e. The van der Waals surface area contributed by atoms with E-state index in [1.165, 1.54) is 12.1 Å². The van der Waals surface area contributed by atoms with Gasteiger partial charge in [-0.3, -0.25) is 9.59 Å².